The van der Waals surface area contributed by atoms with Crippen molar-refractivity contribution in [2.24, 2.45) is 0 Å². The maximum Gasteiger partial charge on any atom is 0.319 e. The van der Waals surface area contributed by atoms with Crippen molar-refractivity contribution in [2.75, 3.05) is 31.6 Å². The van der Waals surface area contributed by atoms with E-state index in [9.17, 15) is 4.79 Å². The van der Waals surface area contributed by atoms with Crippen LogP contribution in [0.3, 0.4) is 0 Å². The number of aryl methyl sites for hydroxylation is 1. The van der Waals surface area contributed by atoms with Gasteiger partial charge in [-0.05, 0) is 37.0 Å². The second-order valence-corrected chi connectivity index (χ2v) is 4.90. The zero-order chi connectivity index (χ0) is 13.7. The van der Waals surface area contributed by atoms with Crippen molar-refractivity contribution in [1.29, 1.82) is 0 Å². The quantitative estimate of drug-likeness (QED) is 0.820. The number of carbonyl (C=O) groups excluding carboxylic acids is 1. The molecule has 0 saturated heterocycles. The summed E-state index contributed by atoms with van der Waals surface area (Å²) in [5.74, 6) is -0.194. The number of esters is 1. The molecule has 19 heavy (non-hydrogen) atoms. The third-order valence-corrected chi connectivity index (χ3v) is 3.40. The van der Waals surface area contributed by atoms with Crippen molar-refractivity contribution in [3.05, 3.63) is 29.3 Å². The van der Waals surface area contributed by atoms with Crippen LogP contribution in [0.2, 0.25) is 0 Å². The summed E-state index contributed by atoms with van der Waals surface area (Å²) in [5, 5.41) is 3.12. The van der Waals surface area contributed by atoms with Crippen LogP contribution in [0.1, 0.15) is 24.5 Å². The lowest BCUT2D eigenvalue weighted by Crippen LogP contribution is -2.26. The average Bonchev–Trinajstić information content (AvgIpc) is 2.39. The minimum absolute atomic E-state index is 0.194. The van der Waals surface area contributed by atoms with E-state index in [2.05, 4.69) is 35.5 Å². The van der Waals surface area contributed by atoms with E-state index in [-0.39, 0.29) is 12.5 Å². The molecule has 0 amide bonds. The van der Waals surface area contributed by atoms with Gasteiger partial charge in [0.25, 0.3) is 0 Å². The fourth-order valence-corrected chi connectivity index (χ4v) is 2.47. The van der Waals surface area contributed by atoms with Crippen LogP contribution in [0, 0.1) is 0 Å². The number of nitrogens with one attached hydrogen (secondary N) is 1. The fraction of sp³-hybridized carbons (Fsp3) is 0.533. The number of rotatable bonds is 5. The summed E-state index contributed by atoms with van der Waals surface area (Å²) >= 11 is 0. The van der Waals surface area contributed by atoms with Crippen molar-refractivity contribution in [3.8, 4) is 0 Å². The third-order valence-electron chi connectivity index (χ3n) is 3.40. The van der Waals surface area contributed by atoms with Gasteiger partial charge in [0.05, 0.1) is 13.2 Å². The number of benzene rings is 1. The van der Waals surface area contributed by atoms with Crippen LogP contribution in [0.5, 0.6) is 0 Å². The van der Waals surface area contributed by atoms with Crippen LogP contribution in [0.25, 0.3) is 0 Å². The van der Waals surface area contributed by atoms with Crippen LogP contribution < -0.4 is 10.2 Å². The predicted molar refractivity (Wildman–Crippen MR) is 76.4 cm³/mol. The summed E-state index contributed by atoms with van der Waals surface area (Å²) in [6.45, 7) is 4.36. The summed E-state index contributed by atoms with van der Waals surface area (Å²) < 4.78 is 4.88. The highest BCUT2D eigenvalue weighted by Crippen LogP contribution is 2.26. The van der Waals surface area contributed by atoms with Crippen molar-refractivity contribution in [3.63, 3.8) is 0 Å². The number of ether oxygens (including phenoxy) is 1. The van der Waals surface area contributed by atoms with E-state index in [1.165, 1.54) is 23.2 Å². The van der Waals surface area contributed by atoms with Crippen molar-refractivity contribution in [2.45, 2.75) is 26.3 Å². The summed E-state index contributed by atoms with van der Waals surface area (Å²) in [7, 11) is 2.14. The van der Waals surface area contributed by atoms with Gasteiger partial charge in [-0.3, -0.25) is 4.79 Å². The van der Waals surface area contributed by atoms with Crippen LogP contribution in [-0.2, 0) is 22.5 Å². The van der Waals surface area contributed by atoms with E-state index < -0.39 is 0 Å². The van der Waals surface area contributed by atoms with Gasteiger partial charge in [-0.25, -0.2) is 0 Å². The number of nitrogens with zero attached hydrogens (tertiary/aromatic N) is 1. The molecule has 0 aromatic heterocycles. The van der Waals surface area contributed by atoms with Crippen molar-refractivity contribution >= 4 is 11.7 Å². The normalized spacial score (nSPS) is 14.1. The number of carbonyl (C=O) groups is 1. The van der Waals surface area contributed by atoms with E-state index in [0.717, 1.165) is 13.0 Å². The molecule has 0 spiro atoms. The second kappa shape index (κ2) is 6.57. The molecule has 4 heteroatoms. The molecule has 1 N–H and O–H groups in total. The van der Waals surface area contributed by atoms with Gasteiger partial charge in [0.15, 0.2) is 0 Å². The SMILES string of the molecule is CCOC(=O)CNCc1ccc2c(c1)CCCN2C. The molecule has 1 aliphatic heterocycles. The first kappa shape index (κ1) is 13.9. The molecule has 4 nitrogen and oxygen atoms in total. The number of anilines is 1. The second-order valence-electron chi connectivity index (χ2n) is 4.90. The zero-order valence-corrected chi connectivity index (χ0v) is 11.7. The van der Waals surface area contributed by atoms with Gasteiger partial charge < -0.3 is 15.0 Å². The third kappa shape index (κ3) is 3.70. The van der Waals surface area contributed by atoms with Crippen molar-refractivity contribution in [1.82, 2.24) is 5.32 Å². The van der Waals surface area contributed by atoms with Gasteiger partial charge in [0, 0.05) is 25.8 Å². The van der Waals surface area contributed by atoms with Crippen LogP contribution in [0.15, 0.2) is 18.2 Å². The number of fused-ring (bicyclic) bond motifs is 1. The zero-order valence-electron chi connectivity index (χ0n) is 11.7. The summed E-state index contributed by atoms with van der Waals surface area (Å²) in [6.07, 6.45) is 2.36. The molecule has 0 saturated carbocycles. The average molecular weight is 262 g/mol. The van der Waals surface area contributed by atoms with E-state index in [0.29, 0.717) is 13.2 Å². The molecule has 2 rings (SSSR count). The molecule has 0 atom stereocenters. The van der Waals surface area contributed by atoms with Crippen LogP contribution in [-0.4, -0.2) is 32.7 Å². The van der Waals surface area contributed by atoms with E-state index in [4.69, 9.17) is 4.74 Å². The highest BCUT2D eigenvalue weighted by molar-refractivity contribution is 5.71. The Balaban J connectivity index is 1.90. The highest BCUT2D eigenvalue weighted by Gasteiger charge is 2.13. The molecule has 0 fully saturated rings. The molecular weight excluding hydrogens is 240 g/mol. The Morgan fingerprint density at radius 2 is 2.32 bits per heavy atom. The van der Waals surface area contributed by atoms with E-state index in [1.807, 2.05) is 6.92 Å². The van der Waals surface area contributed by atoms with Gasteiger partial charge in [0.2, 0.25) is 0 Å². The topological polar surface area (TPSA) is 41.6 Å². The Morgan fingerprint density at radius 1 is 1.47 bits per heavy atom. The van der Waals surface area contributed by atoms with Gasteiger partial charge in [-0.2, -0.15) is 0 Å². The lowest BCUT2D eigenvalue weighted by molar-refractivity contribution is -0.142. The summed E-state index contributed by atoms with van der Waals surface area (Å²) in [6, 6.07) is 6.54. The largest absolute Gasteiger partial charge is 0.465 e. The maximum atomic E-state index is 11.2. The maximum absolute atomic E-state index is 11.2. The van der Waals surface area contributed by atoms with Crippen LogP contribution in [0.4, 0.5) is 5.69 Å². The minimum atomic E-state index is -0.194. The lowest BCUT2D eigenvalue weighted by atomic mass is 9.99. The Bertz CT molecular complexity index is 446. The molecule has 0 unspecified atom stereocenters. The smallest absolute Gasteiger partial charge is 0.319 e. The van der Waals surface area contributed by atoms with Crippen molar-refractivity contribution < 1.29 is 9.53 Å². The Hall–Kier alpha value is -1.55. The summed E-state index contributed by atoms with van der Waals surface area (Å²) in [4.78, 5) is 13.5. The van der Waals surface area contributed by atoms with Gasteiger partial charge in [0.1, 0.15) is 0 Å². The first-order valence-electron chi connectivity index (χ1n) is 6.90. The van der Waals surface area contributed by atoms with Gasteiger partial charge >= 0.3 is 5.97 Å². The standard InChI is InChI=1S/C15H22N2O2/c1-3-19-15(18)11-16-10-12-6-7-14-13(9-12)5-4-8-17(14)2/h6-7,9,16H,3-5,8,10-11H2,1-2H3. The van der Waals surface area contributed by atoms with Crippen LogP contribution >= 0.6 is 0 Å². The van der Waals surface area contributed by atoms with Gasteiger partial charge in [-0.1, -0.05) is 12.1 Å². The predicted octanol–water partition coefficient (Wildman–Crippen LogP) is 1.72. The fourth-order valence-electron chi connectivity index (χ4n) is 2.47. The first-order chi connectivity index (χ1) is 9.20. The molecule has 104 valence electrons. The van der Waals surface area contributed by atoms with E-state index in [1.54, 1.807) is 0 Å². The minimum Gasteiger partial charge on any atom is -0.465 e. The molecule has 1 aromatic carbocycles. The molecule has 0 radical (unpaired) electrons. The molecule has 1 aliphatic rings. The molecule has 1 heterocycles. The lowest BCUT2D eigenvalue weighted by Gasteiger charge is -2.27. The Morgan fingerprint density at radius 3 is 3.11 bits per heavy atom. The molecule has 0 aliphatic carbocycles. The highest BCUT2D eigenvalue weighted by atomic mass is 16.5. The monoisotopic (exact) mass is 262 g/mol. The molecule has 0 bridgehead atoms. The van der Waals surface area contributed by atoms with Gasteiger partial charge in [-0.15, -0.1) is 0 Å². The summed E-state index contributed by atoms with van der Waals surface area (Å²) in [5.41, 5.74) is 3.96. The van der Waals surface area contributed by atoms with E-state index >= 15 is 0 Å². The first-order valence-corrected chi connectivity index (χ1v) is 6.90. The molecule has 1 aromatic rings. The Labute approximate surface area is 114 Å². The molecular formula is C15H22N2O2. The number of hydrogen-bond donors (Lipinski definition) is 1. The number of hydrogen-bond acceptors (Lipinski definition) is 4. The Kier molecular flexibility index (Phi) is 4.80.